The molecular formula is C23H38N6. The first-order valence-corrected chi connectivity index (χ1v) is 10.5. The Morgan fingerprint density at radius 1 is 0.724 bits per heavy atom. The average molecular weight is 399 g/mol. The summed E-state index contributed by atoms with van der Waals surface area (Å²) in [6, 6.07) is 16.7. The van der Waals surface area contributed by atoms with Crippen molar-refractivity contribution in [2.45, 2.75) is 33.6 Å². The Morgan fingerprint density at radius 2 is 1.17 bits per heavy atom. The molecule has 6 nitrogen and oxygen atoms in total. The van der Waals surface area contributed by atoms with Crippen molar-refractivity contribution in [1.29, 1.82) is 0 Å². The van der Waals surface area contributed by atoms with Gasteiger partial charge in [0.25, 0.3) is 0 Å². The molecule has 0 saturated carbocycles. The molecule has 0 aliphatic rings. The van der Waals surface area contributed by atoms with Crippen molar-refractivity contribution >= 4 is 22.7 Å². The first-order chi connectivity index (χ1) is 13.9. The molecule has 2 aromatic rings. The Labute approximate surface area is 176 Å². The first kappa shape index (κ1) is 22.8. The van der Waals surface area contributed by atoms with Gasteiger partial charge in [-0.25, -0.2) is 10.9 Å². The monoisotopic (exact) mass is 398 g/mol. The highest BCUT2D eigenvalue weighted by Crippen LogP contribution is 2.28. The maximum absolute atomic E-state index is 3.58. The number of nitrogens with one attached hydrogen (secondary N) is 6. The lowest BCUT2D eigenvalue weighted by Crippen LogP contribution is -2.26. The van der Waals surface area contributed by atoms with E-state index in [0.29, 0.717) is 5.92 Å². The Kier molecular flexibility index (Phi) is 9.09. The summed E-state index contributed by atoms with van der Waals surface area (Å²) < 4.78 is 0. The third-order valence-corrected chi connectivity index (χ3v) is 4.95. The smallest absolute Gasteiger partial charge is 0.0488 e. The highest BCUT2D eigenvalue weighted by Gasteiger charge is 2.21. The van der Waals surface area contributed by atoms with Crippen LogP contribution in [-0.4, -0.2) is 27.2 Å². The third-order valence-electron chi connectivity index (χ3n) is 4.95. The molecule has 0 spiro atoms. The first-order valence-electron chi connectivity index (χ1n) is 10.5. The summed E-state index contributed by atoms with van der Waals surface area (Å²) >= 11 is 0. The minimum atomic E-state index is 0.238. The van der Waals surface area contributed by atoms with E-state index in [1.54, 1.807) is 0 Å². The van der Waals surface area contributed by atoms with Gasteiger partial charge in [0.1, 0.15) is 0 Å². The van der Waals surface area contributed by atoms with Crippen LogP contribution < -0.4 is 32.3 Å². The number of hydrazine groups is 2. The van der Waals surface area contributed by atoms with Crippen molar-refractivity contribution in [1.82, 2.24) is 10.9 Å². The molecule has 160 valence electrons. The van der Waals surface area contributed by atoms with E-state index in [1.165, 1.54) is 6.42 Å². The zero-order valence-electron chi connectivity index (χ0n) is 18.5. The van der Waals surface area contributed by atoms with Crippen LogP contribution in [0.1, 0.15) is 33.6 Å². The fourth-order valence-corrected chi connectivity index (χ4v) is 3.55. The summed E-state index contributed by atoms with van der Waals surface area (Å²) in [5.74, 6) is 0.659. The second-order valence-electron chi connectivity index (χ2n) is 8.45. The zero-order chi connectivity index (χ0) is 21.1. The van der Waals surface area contributed by atoms with E-state index < -0.39 is 0 Å². The fourth-order valence-electron chi connectivity index (χ4n) is 3.55. The van der Waals surface area contributed by atoms with Gasteiger partial charge < -0.3 is 21.5 Å². The van der Waals surface area contributed by atoms with Gasteiger partial charge in [0, 0.05) is 49.9 Å². The fraction of sp³-hybridized carbons (Fsp3) is 0.478. The molecule has 0 radical (unpaired) electrons. The van der Waals surface area contributed by atoms with Crippen molar-refractivity contribution in [2.24, 2.45) is 11.3 Å². The minimum Gasteiger partial charge on any atom is -0.385 e. The summed E-state index contributed by atoms with van der Waals surface area (Å²) in [6.45, 7) is 8.98. The van der Waals surface area contributed by atoms with Crippen LogP contribution in [0.15, 0.2) is 48.5 Å². The number of rotatable bonds is 13. The van der Waals surface area contributed by atoms with Crippen LogP contribution in [0.2, 0.25) is 0 Å². The molecule has 2 rings (SSSR count). The Hall–Kier alpha value is -2.44. The Bertz CT molecular complexity index is 696. The molecule has 0 amide bonds. The molecule has 0 aliphatic heterocycles. The van der Waals surface area contributed by atoms with Crippen molar-refractivity contribution in [2.75, 3.05) is 48.7 Å². The Balaban J connectivity index is 1.70. The number of hydrogen-bond acceptors (Lipinski definition) is 6. The van der Waals surface area contributed by atoms with Crippen LogP contribution in [0.25, 0.3) is 0 Å². The van der Waals surface area contributed by atoms with E-state index in [0.717, 1.165) is 42.3 Å². The highest BCUT2D eigenvalue weighted by molar-refractivity contribution is 5.54. The summed E-state index contributed by atoms with van der Waals surface area (Å²) in [5, 5.41) is 7.11. The van der Waals surface area contributed by atoms with Crippen LogP contribution in [0.4, 0.5) is 22.7 Å². The number of hydrogen-bond donors (Lipinski definition) is 6. The lowest BCUT2D eigenvalue weighted by molar-refractivity contribution is 0.288. The molecule has 0 saturated heterocycles. The van der Waals surface area contributed by atoms with Crippen LogP contribution in [0.3, 0.4) is 0 Å². The SMILES string of the molecule is CNNc1ccc(NCCC(C)CC(C)(C)CNc2ccc(NNC)cc2)cc1. The predicted octanol–water partition coefficient (Wildman–Crippen LogP) is 4.75. The second kappa shape index (κ2) is 11.5. The number of benzene rings is 2. The van der Waals surface area contributed by atoms with Gasteiger partial charge >= 0.3 is 0 Å². The summed E-state index contributed by atoms with van der Waals surface area (Å²) in [4.78, 5) is 0. The van der Waals surface area contributed by atoms with E-state index >= 15 is 0 Å². The molecule has 1 atom stereocenters. The van der Waals surface area contributed by atoms with Gasteiger partial charge in [-0.3, -0.25) is 0 Å². The van der Waals surface area contributed by atoms with Gasteiger partial charge in [0.05, 0.1) is 0 Å². The van der Waals surface area contributed by atoms with Crippen molar-refractivity contribution in [3.8, 4) is 0 Å². The van der Waals surface area contributed by atoms with E-state index in [1.807, 2.05) is 14.1 Å². The van der Waals surface area contributed by atoms with Gasteiger partial charge in [-0.2, -0.15) is 0 Å². The summed E-state index contributed by atoms with van der Waals surface area (Å²) in [5.41, 5.74) is 16.7. The standard InChI is InChI=1S/C23H38N6/c1-18(14-15-26-19-6-10-21(11-7-19)28-24-4)16-23(2,3)17-27-20-8-12-22(13-9-20)29-25-5/h6-13,18,24-29H,14-17H2,1-5H3. The molecule has 29 heavy (non-hydrogen) atoms. The molecule has 0 aromatic heterocycles. The molecule has 0 heterocycles. The number of anilines is 4. The van der Waals surface area contributed by atoms with Gasteiger partial charge in [-0.1, -0.05) is 20.8 Å². The minimum absolute atomic E-state index is 0.238. The lowest BCUT2D eigenvalue weighted by atomic mass is 9.82. The highest BCUT2D eigenvalue weighted by atomic mass is 15.3. The van der Waals surface area contributed by atoms with Crippen LogP contribution in [-0.2, 0) is 0 Å². The van der Waals surface area contributed by atoms with Crippen molar-refractivity contribution in [3.63, 3.8) is 0 Å². The molecule has 6 N–H and O–H groups in total. The maximum atomic E-state index is 3.58. The molecule has 0 fully saturated rings. The van der Waals surface area contributed by atoms with Crippen molar-refractivity contribution in [3.05, 3.63) is 48.5 Å². The van der Waals surface area contributed by atoms with Crippen LogP contribution in [0.5, 0.6) is 0 Å². The predicted molar refractivity (Wildman–Crippen MR) is 127 cm³/mol. The third kappa shape index (κ3) is 8.62. The Morgan fingerprint density at radius 3 is 1.66 bits per heavy atom. The van der Waals surface area contributed by atoms with E-state index in [-0.39, 0.29) is 5.41 Å². The van der Waals surface area contributed by atoms with E-state index in [9.17, 15) is 0 Å². The van der Waals surface area contributed by atoms with E-state index in [4.69, 9.17) is 0 Å². The second-order valence-corrected chi connectivity index (χ2v) is 8.45. The molecule has 1 unspecified atom stereocenters. The molecule has 0 aliphatic carbocycles. The van der Waals surface area contributed by atoms with Crippen LogP contribution in [0, 0.1) is 11.3 Å². The summed E-state index contributed by atoms with van der Waals surface area (Å²) in [7, 11) is 3.73. The molecule has 0 bridgehead atoms. The molecule has 2 aromatic carbocycles. The van der Waals surface area contributed by atoms with E-state index in [2.05, 4.69) is 102 Å². The van der Waals surface area contributed by atoms with Crippen LogP contribution >= 0.6 is 0 Å². The maximum Gasteiger partial charge on any atom is 0.0488 e. The van der Waals surface area contributed by atoms with Gasteiger partial charge in [0.15, 0.2) is 0 Å². The molecule has 6 heteroatoms. The lowest BCUT2D eigenvalue weighted by Gasteiger charge is -2.29. The molecular weight excluding hydrogens is 360 g/mol. The normalized spacial score (nSPS) is 12.3. The van der Waals surface area contributed by atoms with Gasteiger partial charge in [0.2, 0.25) is 0 Å². The quantitative estimate of drug-likeness (QED) is 0.274. The topological polar surface area (TPSA) is 72.2 Å². The summed E-state index contributed by atoms with van der Waals surface area (Å²) in [6.07, 6.45) is 2.34. The van der Waals surface area contributed by atoms with Crippen molar-refractivity contribution < 1.29 is 0 Å². The zero-order valence-corrected chi connectivity index (χ0v) is 18.5. The van der Waals surface area contributed by atoms with Gasteiger partial charge in [-0.05, 0) is 72.7 Å². The largest absolute Gasteiger partial charge is 0.385 e. The van der Waals surface area contributed by atoms with Gasteiger partial charge in [-0.15, -0.1) is 0 Å². The average Bonchev–Trinajstić information content (AvgIpc) is 2.69.